The van der Waals surface area contributed by atoms with Crippen LogP contribution in [0.4, 0.5) is 0 Å². The maximum Gasteiger partial charge on any atom is 0.165 e. The Kier molecular flexibility index (Phi) is 3.79. The molecule has 2 aliphatic carbocycles. The summed E-state index contributed by atoms with van der Waals surface area (Å²) in [6, 6.07) is 4.77. The molecule has 2 aliphatic heterocycles. The summed E-state index contributed by atoms with van der Waals surface area (Å²) in [5.74, 6) is 2.39. The van der Waals surface area contributed by atoms with Gasteiger partial charge in [-0.15, -0.1) is 12.4 Å². The zero-order chi connectivity index (χ0) is 15.8. The fraction of sp³-hybridized carbons (Fsp3) is 0.684. The lowest BCUT2D eigenvalue weighted by Crippen LogP contribution is -2.67. The number of ether oxygens (including phenoxy) is 2. The summed E-state index contributed by atoms with van der Waals surface area (Å²) < 4.78 is 12.3. The fourth-order valence-corrected chi connectivity index (χ4v) is 6.01. The lowest BCUT2D eigenvalue weighted by Gasteiger charge is -2.59. The zero-order valence-corrected chi connectivity index (χ0v) is 15.1. The van der Waals surface area contributed by atoms with E-state index in [0.717, 1.165) is 37.3 Å². The number of piperidine rings is 1. The predicted molar refractivity (Wildman–Crippen MR) is 94.4 cm³/mol. The Morgan fingerprint density at radius 3 is 3.04 bits per heavy atom. The van der Waals surface area contributed by atoms with Crippen LogP contribution in [0.2, 0.25) is 0 Å². The molecule has 2 bridgehead atoms. The quantitative estimate of drug-likeness (QED) is 0.889. The lowest BCUT2D eigenvalue weighted by molar-refractivity contribution is -0.119. The molecule has 1 aromatic carbocycles. The van der Waals surface area contributed by atoms with Crippen LogP contribution in [0, 0.1) is 5.92 Å². The minimum Gasteiger partial charge on any atom is -0.490 e. The molecule has 24 heavy (non-hydrogen) atoms. The number of aryl methyl sites for hydroxylation is 1. The maximum absolute atomic E-state index is 10.8. The lowest BCUT2D eigenvalue weighted by atomic mass is 9.51. The van der Waals surface area contributed by atoms with E-state index in [0.29, 0.717) is 18.6 Å². The highest BCUT2D eigenvalue weighted by molar-refractivity contribution is 5.85. The highest BCUT2D eigenvalue weighted by Crippen LogP contribution is 2.63. The highest BCUT2D eigenvalue weighted by Gasteiger charge is 2.65. The van der Waals surface area contributed by atoms with Gasteiger partial charge >= 0.3 is 0 Å². The van der Waals surface area contributed by atoms with Gasteiger partial charge < -0.3 is 19.5 Å². The Morgan fingerprint density at radius 2 is 2.25 bits per heavy atom. The summed E-state index contributed by atoms with van der Waals surface area (Å²) in [6.45, 7) is 3.74. The second kappa shape index (κ2) is 5.52. The van der Waals surface area contributed by atoms with Gasteiger partial charge in [0.1, 0.15) is 6.10 Å². The number of halogens is 1. The van der Waals surface area contributed by atoms with Crippen molar-refractivity contribution < 1.29 is 14.6 Å². The van der Waals surface area contributed by atoms with E-state index in [2.05, 4.69) is 24.1 Å². The van der Waals surface area contributed by atoms with Crippen LogP contribution in [0.5, 0.6) is 11.5 Å². The fourth-order valence-electron chi connectivity index (χ4n) is 6.01. The van der Waals surface area contributed by atoms with Crippen molar-refractivity contribution in [1.29, 1.82) is 0 Å². The van der Waals surface area contributed by atoms with Crippen LogP contribution in [-0.2, 0) is 11.8 Å². The van der Waals surface area contributed by atoms with Crippen molar-refractivity contribution in [3.63, 3.8) is 0 Å². The molecule has 3 unspecified atom stereocenters. The van der Waals surface area contributed by atoms with Crippen LogP contribution < -0.4 is 9.47 Å². The third kappa shape index (κ3) is 1.82. The normalized spacial score (nSPS) is 38.8. The molecular formula is C19H26ClNO3. The molecular weight excluding hydrogens is 326 g/mol. The van der Waals surface area contributed by atoms with E-state index >= 15 is 0 Å². The van der Waals surface area contributed by atoms with Gasteiger partial charge in [-0.1, -0.05) is 6.07 Å². The minimum absolute atomic E-state index is 0. The van der Waals surface area contributed by atoms with Crippen molar-refractivity contribution in [1.82, 2.24) is 4.90 Å². The van der Waals surface area contributed by atoms with Crippen molar-refractivity contribution in [2.75, 3.05) is 20.2 Å². The molecule has 2 fully saturated rings. The number of likely N-dealkylation sites (tertiary alicyclic amines) is 1. The molecule has 1 spiro atoms. The van der Waals surface area contributed by atoms with Gasteiger partial charge in [-0.2, -0.15) is 0 Å². The third-order valence-electron chi connectivity index (χ3n) is 6.85. The van der Waals surface area contributed by atoms with Gasteiger partial charge in [0, 0.05) is 17.0 Å². The Balaban J connectivity index is 0.00000146. The average molecular weight is 352 g/mol. The Bertz CT molecular complexity index is 666. The smallest absolute Gasteiger partial charge is 0.165 e. The van der Waals surface area contributed by atoms with Gasteiger partial charge in [0.05, 0.1) is 12.7 Å². The summed E-state index contributed by atoms with van der Waals surface area (Å²) in [6.07, 6.45) is 3.78. The van der Waals surface area contributed by atoms with E-state index in [1.165, 1.54) is 17.5 Å². The van der Waals surface area contributed by atoms with Crippen molar-refractivity contribution in [2.24, 2.45) is 5.92 Å². The maximum atomic E-state index is 10.8. The highest BCUT2D eigenvalue weighted by atomic mass is 35.5. The summed E-state index contributed by atoms with van der Waals surface area (Å²) in [7, 11) is 2.22. The van der Waals surface area contributed by atoms with E-state index in [9.17, 15) is 5.11 Å². The van der Waals surface area contributed by atoms with Crippen LogP contribution in [-0.4, -0.2) is 48.5 Å². The molecule has 2 heterocycles. The number of aliphatic hydroxyl groups is 1. The monoisotopic (exact) mass is 351 g/mol. The number of hydrogen-bond donors (Lipinski definition) is 1. The molecule has 5 rings (SSSR count). The Hall–Kier alpha value is -0.970. The molecule has 1 aromatic rings. The molecule has 1 N–H and O–H groups in total. The van der Waals surface area contributed by atoms with Crippen LogP contribution in [0.3, 0.4) is 0 Å². The van der Waals surface area contributed by atoms with Gasteiger partial charge in [0.2, 0.25) is 0 Å². The van der Waals surface area contributed by atoms with E-state index in [1.54, 1.807) is 0 Å². The summed E-state index contributed by atoms with van der Waals surface area (Å²) in [5, 5.41) is 10.8. The first-order chi connectivity index (χ1) is 11.2. The number of nitrogens with zero attached hydrogens (tertiary/aromatic N) is 1. The van der Waals surface area contributed by atoms with Gasteiger partial charge in [-0.25, -0.2) is 0 Å². The summed E-state index contributed by atoms with van der Waals surface area (Å²) in [5.41, 5.74) is 2.80. The molecule has 0 aromatic heterocycles. The zero-order valence-electron chi connectivity index (χ0n) is 14.3. The van der Waals surface area contributed by atoms with E-state index in [-0.39, 0.29) is 30.0 Å². The largest absolute Gasteiger partial charge is 0.490 e. The van der Waals surface area contributed by atoms with E-state index < -0.39 is 0 Å². The first-order valence-electron chi connectivity index (χ1n) is 9.01. The molecule has 0 radical (unpaired) electrons. The number of rotatable bonds is 2. The third-order valence-corrected chi connectivity index (χ3v) is 6.85. The second-order valence-electron chi connectivity index (χ2n) is 7.68. The molecule has 1 saturated heterocycles. The first kappa shape index (κ1) is 16.5. The standard InChI is InChI=1S/C19H25NO3.ClH/c1-3-22-15-7-5-11-4-6-12-13-10-14(21)18-19(12,8-9-20(13)2)16(11)17(15)23-18;/h5,7,12-14,18,21H,3-4,6,8-10H2,1-2H3;1H/t12?,13-,14?,18?,19-;/m1./s1. The summed E-state index contributed by atoms with van der Waals surface area (Å²) >= 11 is 0. The number of hydrogen-bond acceptors (Lipinski definition) is 4. The van der Waals surface area contributed by atoms with Crippen molar-refractivity contribution in [3.8, 4) is 11.5 Å². The predicted octanol–water partition coefficient (Wildman–Crippen LogP) is 2.54. The first-order valence-corrected chi connectivity index (χ1v) is 9.01. The van der Waals surface area contributed by atoms with Crippen molar-refractivity contribution in [3.05, 3.63) is 23.3 Å². The number of aliphatic hydroxyl groups excluding tert-OH is 1. The Labute approximate surface area is 149 Å². The van der Waals surface area contributed by atoms with Crippen LogP contribution in [0.15, 0.2) is 12.1 Å². The molecule has 0 amide bonds. The molecule has 5 heteroatoms. The van der Waals surface area contributed by atoms with Crippen LogP contribution in [0.1, 0.15) is 37.3 Å². The minimum atomic E-state index is -0.383. The topological polar surface area (TPSA) is 41.9 Å². The van der Waals surface area contributed by atoms with Crippen LogP contribution >= 0.6 is 12.4 Å². The van der Waals surface area contributed by atoms with E-state index in [1.807, 2.05) is 6.92 Å². The van der Waals surface area contributed by atoms with Crippen LogP contribution in [0.25, 0.3) is 0 Å². The molecule has 5 atom stereocenters. The van der Waals surface area contributed by atoms with Gasteiger partial charge in [0.15, 0.2) is 11.5 Å². The second-order valence-corrected chi connectivity index (χ2v) is 7.68. The molecule has 1 saturated carbocycles. The van der Waals surface area contributed by atoms with Crippen molar-refractivity contribution in [2.45, 2.75) is 56.3 Å². The van der Waals surface area contributed by atoms with Gasteiger partial charge in [-0.3, -0.25) is 0 Å². The SMILES string of the molecule is CCOc1ccc2c3c1OC1C(O)C[C@@H]4C(CC2)[C@]31CCN4C.Cl. The van der Waals surface area contributed by atoms with Crippen molar-refractivity contribution >= 4 is 12.4 Å². The van der Waals surface area contributed by atoms with Gasteiger partial charge in [0.25, 0.3) is 0 Å². The Morgan fingerprint density at radius 1 is 1.42 bits per heavy atom. The molecule has 4 aliphatic rings. The summed E-state index contributed by atoms with van der Waals surface area (Å²) in [4.78, 5) is 2.46. The van der Waals surface area contributed by atoms with Gasteiger partial charge in [-0.05, 0) is 63.7 Å². The van der Waals surface area contributed by atoms with E-state index in [4.69, 9.17) is 9.47 Å². The number of benzene rings is 1. The molecule has 4 nitrogen and oxygen atoms in total. The average Bonchev–Trinajstić information content (AvgIpc) is 2.90. The molecule has 132 valence electrons.